The summed E-state index contributed by atoms with van der Waals surface area (Å²) in [6.07, 6.45) is -0.863. The van der Waals surface area contributed by atoms with Gasteiger partial charge in [0.15, 0.2) is 0 Å². The molecule has 0 aliphatic carbocycles. The van der Waals surface area contributed by atoms with Crippen molar-refractivity contribution in [2.45, 2.75) is 0 Å². The number of ether oxygens (including phenoxy) is 1. The fourth-order valence-electron chi connectivity index (χ4n) is 1.42. The van der Waals surface area contributed by atoms with Crippen LogP contribution in [0.5, 0.6) is 5.75 Å². The molecule has 0 aliphatic rings. The molecular formula is C11H11BrN4O3. The number of carbonyl (C=O) groups excluding carboxylic acids is 1. The lowest BCUT2D eigenvalue weighted by molar-refractivity contribution is 0.197. The van der Waals surface area contributed by atoms with Crippen molar-refractivity contribution in [1.29, 1.82) is 0 Å². The predicted octanol–water partition coefficient (Wildman–Crippen LogP) is 1.05. The van der Waals surface area contributed by atoms with Crippen LogP contribution in [0.4, 0.5) is 4.79 Å². The van der Waals surface area contributed by atoms with Gasteiger partial charge in [-0.3, -0.25) is 0 Å². The number of rotatable bonds is 2. The molecule has 1 aromatic carbocycles. The number of hydrogen-bond acceptors (Lipinski definition) is 5. The second-order valence-electron chi connectivity index (χ2n) is 3.80. The third kappa shape index (κ3) is 2.68. The van der Waals surface area contributed by atoms with Crippen LogP contribution in [-0.2, 0) is 0 Å². The minimum absolute atomic E-state index is 0.215. The molecule has 7 nitrogen and oxygen atoms in total. The third-order valence-electron chi connectivity index (χ3n) is 2.24. The second kappa shape index (κ2) is 5.27. The molecule has 2 rings (SSSR count). The Morgan fingerprint density at radius 3 is 2.47 bits per heavy atom. The zero-order chi connectivity index (χ0) is 14.0. The van der Waals surface area contributed by atoms with Gasteiger partial charge in [0.2, 0.25) is 4.73 Å². The van der Waals surface area contributed by atoms with Gasteiger partial charge in [-0.1, -0.05) is 18.2 Å². The lowest BCUT2D eigenvalue weighted by Crippen LogP contribution is -2.39. The molecule has 100 valence electrons. The number of halogens is 1. The Morgan fingerprint density at radius 2 is 1.95 bits per heavy atom. The quantitative estimate of drug-likeness (QED) is 0.825. The fourth-order valence-corrected chi connectivity index (χ4v) is 2.05. The standard InChI is InChI=1S/C11H11BrN4O3/c1-14(2)16-9(12)13-15(10(16)17)11(18)19-8-6-4-3-5-7-8/h3-7H,1-2H3. The highest BCUT2D eigenvalue weighted by Crippen LogP contribution is 2.09. The van der Waals surface area contributed by atoms with Crippen molar-refractivity contribution in [2.75, 3.05) is 19.1 Å². The van der Waals surface area contributed by atoms with E-state index in [4.69, 9.17) is 4.74 Å². The molecule has 1 aromatic heterocycles. The molecule has 0 saturated heterocycles. The number of carbonyl (C=O) groups is 1. The molecule has 0 aliphatic heterocycles. The first-order valence-corrected chi connectivity index (χ1v) is 6.12. The van der Waals surface area contributed by atoms with Crippen molar-refractivity contribution in [1.82, 2.24) is 14.5 Å². The van der Waals surface area contributed by atoms with E-state index in [1.54, 1.807) is 44.4 Å². The zero-order valence-electron chi connectivity index (χ0n) is 10.3. The van der Waals surface area contributed by atoms with Crippen LogP contribution in [0, 0.1) is 0 Å². The van der Waals surface area contributed by atoms with E-state index in [0.717, 1.165) is 0 Å². The van der Waals surface area contributed by atoms with Crippen LogP contribution in [0.1, 0.15) is 0 Å². The lowest BCUT2D eigenvalue weighted by atomic mass is 10.3. The van der Waals surface area contributed by atoms with Crippen LogP contribution < -0.4 is 15.4 Å². The largest absolute Gasteiger partial charge is 0.444 e. The van der Waals surface area contributed by atoms with Crippen LogP contribution in [0.3, 0.4) is 0 Å². The van der Waals surface area contributed by atoms with Crippen molar-refractivity contribution < 1.29 is 9.53 Å². The number of hydrogen-bond donors (Lipinski definition) is 0. The maximum absolute atomic E-state index is 12.0. The third-order valence-corrected chi connectivity index (χ3v) is 2.74. The van der Waals surface area contributed by atoms with Gasteiger partial charge in [-0.25, -0.2) is 9.59 Å². The molecule has 0 radical (unpaired) electrons. The molecule has 19 heavy (non-hydrogen) atoms. The summed E-state index contributed by atoms with van der Waals surface area (Å²) in [5.41, 5.74) is -0.613. The topological polar surface area (TPSA) is 69.4 Å². The van der Waals surface area contributed by atoms with Crippen molar-refractivity contribution >= 4 is 22.0 Å². The predicted molar refractivity (Wildman–Crippen MR) is 72.1 cm³/mol. The Kier molecular flexibility index (Phi) is 3.70. The molecule has 2 aromatic rings. The van der Waals surface area contributed by atoms with E-state index in [1.165, 1.54) is 9.69 Å². The summed E-state index contributed by atoms with van der Waals surface area (Å²) >= 11 is 3.10. The van der Waals surface area contributed by atoms with E-state index in [2.05, 4.69) is 21.0 Å². The molecule has 0 atom stereocenters. The minimum Gasteiger partial charge on any atom is -0.409 e. The fraction of sp³-hybridized carbons (Fsp3) is 0.182. The van der Waals surface area contributed by atoms with Gasteiger partial charge in [0.05, 0.1) is 0 Å². The molecule has 0 saturated carbocycles. The van der Waals surface area contributed by atoms with Crippen LogP contribution in [0.25, 0.3) is 0 Å². The van der Waals surface area contributed by atoms with Crippen molar-refractivity contribution in [3.8, 4) is 5.75 Å². The van der Waals surface area contributed by atoms with Gasteiger partial charge in [-0.05, 0) is 28.1 Å². The maximum atomic E-state index is 12.0. The first-order chi connectivity index (χ1) is 9.00. The van der Waals surface area contributed by atoms with Gasteiger partial charge >= 0.3 is 11.8 Å². The van der Waals surface area contributed by atoms with Crippen molar-refractivity contribution in [3.05, 3.63) is 45.5 Å². The minimum atomic E-state index is -0.863. The second-order valence-corrected chi connectivity index (χ2v) is 4.51. The van der Waals surface area contributed by atoms with E-state index in [9.17, 15) is 9.59 Å². The summed E-state index contributed by atoms with van der Waals surface area (Å²) in [6.45, 7) is 0. The summed E-state index contributed by atoms with van der Waals surface area (Å²) in [4.78, 5) is 23.8. The van der Waals surface area contributed by atoms with E-state index in [1.807, 2.05) is 0 Å². The maximum Gasteiger partial charge on any atom is 0.444 e. The molecule has 0 N–H and O–H groups in total. The molecule has 1 heterocycles. The van der Waals surface area contributed by atoms with E-state index < -0.39 is 11.8 Å². The Balaban J connectivity index is 2.31. The van der Waals surface area contributed by atoms with Gasteiger partial charge in [-0.15, -0.1) is 9.78 Å². The first kappa shape index (κ1) is 13.3. The van der Waals surface area contributed by atoms with Crippen LogP contribution in [0.15, 0.2) is 39.9 Å². The summed E-state index contributed by atoms with van der Waals surface area (Å²) in [5, 5.41) is 5.29. The van der Waals surface area contributed by atoms with Crippen molar-refractivity contribution in [3.63, 3.8) is 0 Å². The summed E-state index contributed by atoms with van der Waals surface area (Å²) in [6, 6.07) is 8.46. The summed E-state index contributed by atoms with van der Waals surface area (Å²) < 4.78 is 7.09. The smallest absolute Gasteiger partial charge is 0.409 e. The molecule has 0 unspecified atom stereocenters. The number of benzene rings is 1. The lowest BCUT2D eigenvalue weighted by Gasteiger charge is -2.11. The monoisotopic (exact) mass is 326 g/mol. The SMILES string of the molecule is CN(C)n1c(Br)nn(C(=O)Oc2ccccc2)c1=O. The molecule has 0 bridgehead atoms. The van der Waals surface area contributed by atoms with Crippen LogP contribution in [-0.4, -0.2) is 34.6 Å². The Morgan fingerprint density at radius 1 is 1.32 bits per heavy atom. The van der Waals surface area contributed by atoms with Gasteiger partial charge in [-0.2, -0.15) is 4.68 Å². The Bertz CT molecular complexity index is 648. The summed E-state index contributed by atoms with van der Waals surface area (Å²) in [5.74, 6) is 0.343. The average molecular weight is 327 g/mol. The normalized spacial score (nSPS) is 10.3. The van der Waals surface area contributed by atoms with Gasteiger partial charge in [0, 0.05) is 14.1 Å². The average Bonchev–Trinajstić information content (AvgIpc) is 2.66. The molecule has 0 amide bonds. The first-order valence-electron chi connectivity index (χ1n) is 5.33. The summed E-state index contributed by atoms with van der Waals surface area (Å²) in [7, 11) is 3.31. The molecule has 0 fully saturated rings. The van der Waals surface area contributed by atoms with Crippen molar-refractivity contribution in [2.24, 2.45) is 0 Å². The highest BCUT2D eigenvalue weighted by atomic mass is 79.9. The number of nitrogens with zero attached hydrogens (tertiary/aromatic N) is 4. The Labute approximate surface area is 117 Å². The van der Waals surface area contributed by atoms with E-state index >= 15 is 0 Å². The van der Waals surface area contributed by atoms with E-state index in [-0.39, 0.29) is 4.73 Å². The molecule has 8 heteroatoms. The highest BCUT2D eigenvalue weighted by Gasteiger charge is 2.19. The van der Waals surface area contributed by atoms with Crippen LogP contribution in [0.2, 0.25) is 0 Å². The van der Waals surface area contributed by atoms with Gasteiger partial charge < -0.3 is 9.75 Å². The molecule has 0 spiro atoms. The van der Waals surface area contributed by atoms with Gasteiger partial charge in [0.25, 0.3) is 0 Å². The number of para-hydroxylation sites is 1. The van der Waals surface area contributed by atoms with Gasteiger partial charge in [0.1, 0.15) is 5.75 Å². The zero-order valence-corrected chi connectivity index (χ0v) is 11.9. The van der Waals surface area contributed by atoms with Crippen LogP contribution >= 0.6 is 15.9 Å². The molecular weight excluding hydrogens is 316 g/mol. The number of aromatic nitrogens is 3. The van der Waals surface area contributed by atoms with E-state index in [0.29, 0.717) is 10.4 Å². The Hall–Kier alpha value is -2.09. The highest BCUT2D eigenvalue weighted by molar-refractivity contribution is 9.10.